The van der Waals surface area contributed by atoms with Crippen LogP contribution in [0.25, 0.3) is 6.08 Å². The molecule has 0 unspecified atom stereocenters. The molecule has 4 amide bonds. The van der Waals surface area contributed by atoms with Gasteiger partial charge in [-0.1, -0.05) is 24.3 Å². The van der Waals surface area contributed by atoms with Crippen molar-refractivity contribution in [2.75, 3.05) is 19.6 Å². The van der Waals surface area contributed by atoms with Crippen LogP contribution in [-0.2, 0) is 9.59 Å². The van der Waals surface area contributed by atoms with E-state index in [0.717, 1.165) is 22.7 Å². The average molecular weight is 445 g/mol. The zero-order chi connectivity index (χ0) is 22.4. The lowest BCUT2D eigenvalue weighted by molar-refractivity contribution is -0.124. The summed E-state index contributed by atoms with van der Waals surface area (Å²) in [6.45, 7) is -0.464. The molecule has 1 aliphatic rings. The highest BCUT2D eigenvalue weighted by atomic mass is 32.2. The molecule has 0 atom stereocenters. The molecule has 0 radical (unpaired) electrons. The number of carbonyl (C=O) groups excluding carboxylic acids is 4. The Hall–Kier alpha value is -3.53. The Balaban J connectivity index is 1.46. The van der Waals surface area contributed by atoms with Gasteiger partial charge in [-0.05, 0) is 47.7 Å². The minimum atomic E-state index is -0.731. The van der Waals surface area contributed by atoms with Crippen molar-refractivity contribution >= 4 is 40.8 Å². The molecule has 160 valence electrons. The Morgan fingerprint density at radius 2 is 1.71 bits per heavy atom. The van der Waals surface area contributed by atoms with Crippen LogP contribution in [-0.4, -0.2) is 47.5 Å². The summed E-state index contributed by atoms with van der Waals surface area (Å²) in [7, 11) is 0. The predicted octanol–water partition coefficient (Wildman–Crippen LogP) is 2.55. The van der Waals surface area contributed by atoms with Gasteiger partial charge in [-0.25, -0.2) is 8.78 Å². The van der Waals surface area contributed by atoms with E-state index < -0.39 is 34.6 Å². The SMILES string of the molecule is O=C(CNC(=O)c1ccccc1F)NCCN1C(=O)S/C(=C\c2ccc(F)cc2)C1=O. The van der Waals surface area contributed by atoms with Gasteiger partial charge in [0, 0.05) is 13.1 Å². The highest BCUT2D eigenvalue weighted by molar-refractivity contribution is 8.18. The zero-order valence-corrected chi connectivity index (χ0v) is 16.9. The Bertz CT molecular complexity index is 1060. The van der Waals surface area contributed by atoms with Crippen molar-refractivity contribution in [3.8, 4) is 0 Å². The molecule has 10 heteroatoms. The number of imide groups is 1. The number of benzene rings is 2. The molecule has 7 nitrogen and oxygen atoms in total. The number of amides is 4. The monoisotopic (exact) mass is 445 g/mol. The van der Waals surface area contributed by atoms with Crippen LogP contribution in [0.4, 0.5) is 13.6 Å². The van der Waals surface area contributed by atoms with Gasteiger partial charge in [0.25, 0.3) is 17.1 Å². The van der Waals surface area contributed by atoms with Crippen molar-refractivity contribution < 1.29 is 28.0 Å². The summed E-state index contributed by atoms with van der Waals surface area (Å²) in [6, 6.07) is 10.8. The summed E-state index contributed by atoms with van der Waals surface area (Å²) in [6.07, 6.45) is 1.49. The first kappa shape index (κ1) is 22.2. The molecule has 31 heavy (non-hydrogen) atoms. The van der Waals surface area contributed by atoms with Gasteiger partial charge in [0.1, 0.15) is 11.6 Å². The maximum atomic E-state index is 13.5. The van der Waals surface area contributed by atoms with Gasteiger partial charge in [-0.2, -0.15) is 0 Å². The van der Waals surface area contributed by atoms with Gasteiger partial charge < -0.3 is 10.6 Å². The van der Waals surface area contributed by atoms with Crippen molar-refractivity contribution in [1.82, 2.24) is 15.5 Å². The minimum Gasteiger partial charge on any atom is -0.353 e. The van der Waals surface area contributed by atoms with E-state index in [1.54, 1.807) is 0 Å². The molecule has 1 fully saturated rings. The van der Waals surface area contributed by atoms with Crippen molar-refractivity contribution in [2.45, 2.75) is 0 Å². The molecular formula is C21H17F2N3O4S. The average Bonchev–Trinajstić information content (AvgIpc) is 3.01. The molecule has 2 aromatic rings. The summed E-state index contributed by atoms with van der Waals surface area (Å²) >= 11 is 0.752. The zero-order valence-electron chi connectivity index (χ0n) is 16.1. The molecule has 1 saturated heterocycles. The Morgan fingerprint density at radius 1 is 1.00 bits per heavy atom. The molecule has 0 saturated carbocycles. The summed E-state index contributed by atoms with van der Waals surface area (Å²) < 4.78 is 26.5. The molecule has 2 N–H and O–H groups in total. The minimum absolute atomic E-state index is 0.0176. The first-order valence-electron chi connectivity index (χ1n) is 9.15. The van der Waals surface area contributed by atoms with E-state index in [1.807, 2.05) is 0 Å². The van der Waals surface area contributed by atoms with Crippen LogP contribution in [0.1, 0.15) is 15.9 Å². The molecular weight excluding hydrogens is 428 g/mol. The first-order chi connectivity index (χ1) is 14.8. The van der Waals surface area contributed by atoms with Crippen LogP contribution in [0.3, 0.4) is 0 Å². The Labute approximate surface area is 180 Å². The number of hydrogen-bond donors (Lipinski definition) is 2. The second-order valence-corrected chi connectivity index (χ2v) is 7.39. The third kappa shape index (κ3) is 5.76. The first-order valence-corrected chi connectivity index (χ1v) is 9.97. The van der Waals surface area contributed by atoms with Gasteiger partial charge in [-0.15, -0.1) is 0 Å². The normalized spacial score (nSPS) is 14.8. The van der Waals surface area contributed by atoms with Gasteiger partial charge in [0.15, 0.2) is 0 Å². The maximum Gasteiger partial charge on any atom is 0.293 e. The van der Waals surface area contributed by atoms with E-state index in [1.165, 1.54) is 48.5 Å². The van der Waals surface area contributed by atoms with Gasteiger partial charge in [-0.3, -0.25) is 24.1 Å². The van der Waals surface area contributed by atoms with Gasteiger partial charge >= 0.3 is 0 Å². The van der Waals surface area contributed by atoms with Crippen LogP contribution < -0.4 is 10.6 Å². The summed E-state index contributed by atoms with van der Waals surface area (Å²) in [4.78, 5) is 49.4. The van der Waals surface area contributed by atoms with Gasteiger partial charge in [0.2, 0.25) is 5.91 Å². The number of thioether (sulfide) groups is 1. The largest absolute Gasteiger partial charge is 0.353 e. The highest BCUT2D eigenvalue weighted by Crippen LogP contribution is 2.31. The predicted molar refractivity (Wildman–Crippen MR) is 111 cm³/mol. The summed E-state index contributed by atoms with van der Waals surface area (Å²) in [5.41, 5.74) is 0.395. The molecule has 0 aliphatic carbocycles. The number of rotatable bonds is 7. The second-order valence-electron chi connectivity index (χ2n) is 6.40. The van der Waals surface area contributed by atoms with E-state index >= 15 is 0 Å². The molecule has 2 aromatic carbocycles. The van der Waals surface area contributed by atoms with Crippen molar-refractivity contribution in [3.63, 3.8) is 0 Å². The number of hydrogen-bond acceptors (Lipinski definition) is 5. The fourth-order valence-electron chi connectivity index (χ4n) is 2.67. The topological polar surface area (TPSA) is 95.6 Å². The van der Waals surface area contributed by atoms with E-state index in [4.69, 9.17) is 0 Å². The van der Waals surface area contributed by atoms with Crippen molar-refractivity contribution in [2.24, 2.45) is 0 Å². The smallest absolute Gasteiger partial charge is 0.293 e. The lowest BCUT2D eigenvalue weighted by atomic mass is 10.2. The molecule has 1 aliphatic heterocycles. The molecule has 3 rings (SSSR count). The van der Waals surface area contributed by atoms with Crippen LogP contribution in [0, 0.1) is 11.6 Å². The van der Waals surface area contributed by atoms with Gasteiger partial charge in [0.05, 0.1) is 17.0 Å². The van der Waals surface area contributed by atoms with E-state index in [0.29, 0.717) is 5.56 Å². The Morgan fingerprint density at radius 3 is 2.42 bits per heavy atom. The van der Waals surface area contributed by atoms with Crippen molar-refractivity contribution in [1.29, 1.82) is 0 Å². The van der Waals surface area contributed by atoms with Crippen LogP contribution in [0.5, 0.6) is 0 Å². The fraction of sp³-hybridized carbons (Fsp3) is 0.143. The fourth-order valence-corrected chi connectivity index (χ4v) is 3.54. The molecule has 0 bridgehead atoms. The number of nitrogens with zero attached hydrogens (tertiary/aromatic N) is 1. The quantitative estimate of drug-likeness (QED) is 0.639. The number of halogens is 2. The number of nitrogens with one attached hydrogen (secondary N) is 2. The Kier molecular flexibility index (Phi) is 7.14. The molecule has 1 heterocycles. The van der Waals surface area contributed by atoms with Crippen LogP contribution >= 0.6 is 11.8 Å². The number of carbonyl (C=O) groups is 4. The van der Waals surface area contributed by atoms with Crippen molar-refractivity contribution in [3.05, 3.63) is 76.2 Å². The molecule has 0 spiro atoms. The van der Waals surface area contributed by atoms with Crippen LogP contribution in [0.2, 0.25) is 0 Å². The third-order valence-corrected chi connectivity index (χ3v) is 5.13. The summed E-state index contributed by atoms with van der Waals surface area (Å²) in [5.74, 6) is -2.91. The second kappa shape index (κ2) is 9.98. The maximum absolute atomic E-state index is 13.5. The lowest BCUT2D eigenvalue weighted by Crippen LogP contribution is -2.41. The van der Waals surface area contributed by atoms with Crippen LogP contribution in [0.15, 0.2) is 53.4 Å². The third-order valence-electron chi connectivity index (χ3n) is 4.23. The molecule has 0 aromatic heterocycles. The summed E-state index contributed by atoms with van der Waals surface area (Å²) in [5, 5.41) is 4.29. The highest BCUT2D eigenvalue weighted by Gasteiger charge is 2.34. The lowest BCUT2D eigenvalue weighted by Gasteiger charge is -2.13. The van der Waals surface area contributed by atoms with E-state index in [9.17, 15) is 28.0 Å². The van der Waals surface area contributed by atoms with E-state index in [2.05, 4.69) is 10.6 Å². The van der Waals surface area contributed by atoms with E-state index in [-0.39, 0.29) is 30.1 Å². The standard InChI is InChI=1S/C21H17F2N3O4S/c22-14-7-5-13(6-8-14)11-17-20(29)26(21(30)31-17)10-9-24-18(27)12-25-19(28)15-3-1-2-4-16(15)23/h1-8,11H,9-10,12H2,(H,24,27)(H,25,28)/b17-11-.